The lowest BCUT2D eigenvalue weighted by Gasteiger charge is -2.23. The molecule has 1 amide bonds. The fraction of sp³-hybridized carbons (Fsp3) is 0.500. The zero-order valence-electron chi connectivity index (χ0n) is 15.9. The van der Waals surface area contributed by atoms with Crippen LogP contribution in [0.15, 0.2) is 18.2 Å². The van der Waals surface area contributed by atoms with Crippen LogP contribution in [0.4, 0.5) is 13.2 Å². The molecular weight excluding hydrogens is 403 g/mol. The lowest BCUT2D eigenvalue weighted by molar-refractivity contribution is -0.274. The van der Waals surface area contributed by atoms with Crippen molar-refractivity contribution in [2.75, 3.05) is 24.6 Å². The van der Waals surface area contributed by atoms with Crippen LogP contribution in [-0.2, 0) is 0 Å². The molecule has 1 aromatic carbocycles. The normalized spacial score (nSPS) is 19.9. The smallest absolute Gasteiger partial charge is 0.403 e. The maximum atomic E-state index is 13.0. The largest absolute Gasteiger partial charge is 0.573 e. The minimum atomic E-state index is -4.83. The summed E-state index contributed by atoms with van der Waals surface area (Å²) < 4.78 is 43.2. The van der Waals surface area contributed by atoms with Crippen LogP contribution >= 0.6 is 11.8 Å². The highest BCUT2D eigenvalue weighted by Gasteiger charge is 2.34. The van der Waals surface area contributed by atoms with Crippen LogP contribution in [0, 0.1) is 6.92 Å². The van der Waals surface area contributed by atoms with Gasteiger partial charge in [-0.25, -0.2) is 4.98 Å². The van der Waals surface area contributed by atoms with E-state index in [-0.39, 0.29) is 28.9 Å². The molecule has 1 aliphatic heterocycles. The van der Waals surface area contributed by atoms with Crippen molar-refractivity contribution in [1.29, 1.82) is 0 Å². The molecule has 5 nitrogen and oxygen atoms in total. The summed E-state index contributed by atoms with van der Waals surface area (Å²) in [5, 5.41) is 6.73. The summed E-state index contributed by atoms with van der Waals surface area (Å²) in [6, 6.07) is 5.06. The average molecular weight is 425 g/mol. The van der Waals surface area contributed by atoms with Gasteiger partial charge in [-0.15, -0.1) is 13.2 Å². The number of hydrogen-bond acceptors (Lipinski definition) is 5. The number of hydrogen-bond donors (Lipinski definition) is 2. The maximum Gasteiger partial charge on any atom is 0.573 e. The molecule has 29 heavy (non-hydrogen) atoms. The third-order valence-corrected chi connectivity index (χ3v) is 6.25. The molecule has 0 spiro atoms. The first kappa shape index (κ1) is 20.3. The number of carbonyl (C=O) groups excluding carboxylic acids is 1. The summed E-state index contributed by atoms with van der Waals surface area (Å²) in [5.41, 5.74) is 1.66. The average Bonchev–Trinajstić information content (AvgIpc) is 3.51. The van der Waals surface area contributed by atoms with Crippen molar-refractivity contribution in [1.82, 2.24) is 15.6 Å². The molecule has 2 fully saturated rings. The number of ether oxygens (including phenoxy) is 1. The Morgan fingerprint density at radius 3 is 2.79 bits per heavy atom. The van der Waals surface area contributed by atoms with Crippen LogP contribution in [0.3, 0.4) is 0 Å². The Hall–Kier alpha value is -2.00. The Bertz CT molecular complexity index is 925. The predicted octanol–water partition coefficient (Wildman–Crippen LogP) is 3.75. The van der Waals surface area contributed by atoms with Crippen LogP contribution in [0.5, 0.6) is 5.75 Å². The molecule has 1 aliphatic carbocycles. The van der Waals surface area contributed by atoms with E-state index in [1.165, 1.54) is 6.07 Å². The van der Waals surface area contributed by atoms with Crippen LogP contribution in [0.2, 0.25) is 0 Å². The number of thioether (sulfide) groups is 1. The summed E-state index contributed by atoms with van der Waals surface area (Å²) in [7, 11) is 0. The Morgan fingerprint density at radius 2 is 2.14 bits per heavy atom. The van der Waals surface area contributed by atoms with Gasteiger partial charge in [0.2, 0.25) is 0 Å². The van der Waals surface area contributed by atoms with E-state index in [0.717, 1.165) is 36.5 Å². The van der Waals surface area contributed by atoms with Gasteiger partial charge < -0.3 is 15.4 Å². The predicted molar refractivity (Wildman–Crippen MR) is 107 cm³/mol. The first-order valence-electron chi connectivity index (χ1n) is 9.60. The lowest BCUT2D eigenvalue weighted by Crippen LogP contribution is -2.45. The van der Waals surface area contributed by atoms with Gasteiger partial charge in [0.1, 0.15) is 11.2 Å². The van der Waals surface area contributed by atoms with Crippen molar-refractivity contribution in [3.63, 3.8) is 0 Å². The number of nitrogens with zero attached hydrogens (tertiary/aromatic N) is 1. The van der Waals surface area contributed by atoms with Crippen molar-refractivity contribution < 1.29 is 22.7 Å². The maximum absolute atomic E-state index is 13.0. The molecule has 0 radical (unpaired) electrons. The lowest BCUT2D eigenvalue weighted by atomic mass is 10.0. The van der Waals surface area contributed by atoms with Gasteiger partial charge in [-0.1, -0.05) is 0 Å². The number of rotatable bonds is 5. The van der Waals surface area contributed by atoms with Crippen molar-refractivity contribution in [3.05, 3.63) is 35.0 Å². The molecule has 2 N–H and O–H groups in total. The van der Waals surface area contributed by atoms with Gasteiger partial charge in [-0.05, 0) is 55.0 Å². The summed E-state index contributed by atoms with van der Waals surface area (Å²) >= 11 is 1.82. The third kappa shape index (κ3) is 4.95. The van der Waals surface area contributed by atoms with Crippen LogP contribution in [0.25, 0.3) is 10.9 Å². The summed E-state index contributed by atoms with van der Waals surface area (Å²) in [5.74, 6) is 1.45. The molecule has 9 heteroatoms. The van der Waals surface area contributed by atoms with Gasteiger partial charge in [0, 0.05) is 36.0 Å². The minimum absolute atomic E-state index is 0.0585. The Balaban J connectivity index is 1.64. The van der Waals surface area contributed by atoms with E-state index < -0.39 is 12.3 Å². The number of aryl methyl sites for hydroxylation is 1. The number of carbonyl (C=O) groups is 1. The van der Waals surface area contributed by atoms with Gasteiger partial charge in [0.15, 0.2) is 5.75 Å². The number of fused-ring (bicyclic) bond motifs is 1. The van der Waals surface area contributed by atoms with Crippen molar-refractivity contribution in [3.8, 4) is 5.75 Å². The number of nitrogens with one attached hydrogen (secondary N) is 2. The van der Waals surface area contributed by atoms with E-state index in [1.807, 2.05) is 17.8 Å². The highest BCUT2D eigenvalue weighted by atomic mass is 32.2. The Morgan fingerprint density at radius 1 is 1.34 bits per heavy atom. The molecule has 1 saturated carbocycles. The van der Waals surface area contributed by atoms with Gasteiger partial charge in [0.25, 0.3) is 5.91 Å². The highest BCUT2D eigenvalue weighted by Crippen LogP contribution is 2.44. The number of pyridine rings is 1. The number of aromatic nitrogens is 1. The van der Waals surface area contributed by atoms with E-state index in [9.17, 15) is 18.0 Å². The molecule has 2 heterocycles. The first-order chi connectivity index (χ1) is 13.8. The van der Waals surface area contributed by atoms with Crippen LogP contribution in [-0.4, -0.2) is 47.9 Å². The van der Waals surface area contributed by atoms with Crippen molar-refractivity contribution >= 4 is 28.6 Å². The molecule has 1 saturated heterocycles. The second kappa shape index (κ2) is 8.02. The van der Waals surface area contributed by atoms with E-state index in [4.69, 9.17) is 0 Å². The summed E-state index contributed by atoms with van der Waals surface area (Å²) in [6.07, 6.45) is -2.91. The van der Waals surface area contributed by atoms with Gasteiger partial charge in [-0.3, -0.25) is 4.79 Å². The molecule has 4 rings (SSSR count). The topological polar surface area (TPSA) is 63.2 Å². The van der Waals surface area contributed by atoms with Gasteiger partial charge >= 0.3 is 6.36 Å². The van der Waals surface area contributed by atoms with Crippen molar-refractivity contribution in [2.45, 2.75) is 38.1 Å². The molecule has 0 bridgehead atoms. The van der Waals surface area contributed by atoms with Gasteiger partial charge in [0.05, 0.1) is 0 Å². The molecule has 156 valence electrons. The van der Waals surface area contributed by atoms with Gasteiger partial charge in [-0.2, -0.15) is 11.8 Å². The van der Waals surface area contributed by atoms with E-state index >= 15 is 0 Å². The fourth-order valence-corrected chi connectivity index (χ4v) is 4.46. The summed E-state index contributed by atoms with van der Waals surface area (Å²) in [6.45, 7) is 3.10. The highest BCUT2D eigenvalue weighted by molar-refractivity contribution is 7.99. The monoisotopic (exact) mass is 425 g/mol. The molecule has 2 aliphatic rings. The zero-order valence-corrected chi connectivity index (χ0v) is 16.8. The Kier molecular flexibility index (Phi) is 5.61. The van der Waals surface area contributed by atoms with Crippen LogP contribution in [0.1, 0.15) is 40.4 Å². The standard InChI is InChI=1S/C20H22F3N3O2S/c1-11-6-16(19(27)25-9-14-10-29-5-4-24-14)26-18-15(11)7-13(12-2-3-12)8-17(18)28-20(21,22)23/h6-8,12,14,24H,2-5,9-10H2,1H3,(H,25,27). The van der Waals surface area contributed by atoms with Crippen molar-refractivity contribution in [2.24, 2.45) is 0 Å². The third-order valence-electron chi connectivity index (χ3n) is 5.12. The second-order valence-electron chi connectivity index (χ2n) is 7.50. The fourth-order valence-electron chi connectivity index (χ4n) is 3.51. The minimum Gasteiger partial charge on any atom is -0.403 e. The zero-order chi connectivity index (χ0) is 20.6. The molecule has 1 unspecified atom stereocenters. The molecular formula is C20H22F3N3O2S. The quantitative estimate of drug-likeness (QED) is 0.764. The number of alkyl halides is 3. The van der Waals surface area contributed by atoms with Crippen LogP contribution < -0.4 is 15.4 Å². The number of amides is 1. The van der Waals surface area contributed by atoms with E-state index in [0.29, 0.717) is 17.5 Å². The SMILES string of the molecule is Cc1cc(C(=O)NCC2CSCCN2)nc2c(OC(F)(F)F)cc(C3CC3)cc12. The Labute approximate surface area is 170 Å². The second-order valence-corrected chi connectivity index (χ2v) is 8.65. The number of benzene rings is 1. The molecule has 1 aromatic heterocycles. The number of halogens is 3. The molecule has 2 aromatic rings. The summed E-state index contributed by atoms with van der Waals surface area (Å²) in [4.78, 5) is 16.8. The van der Waals surface area contributed by atoms with E-state index in [2.05, 4.69) is 20.4 Å². The molecule has 1 atom stereocenters. The first-order valence-corrected chi connectivity index (χ1v) is 10.8. The van der Waals surface area contributed by atoms with E-state index in [1.54, 1.807) is 13.0 Å².